The third kappa shape index (κ3) is 4.50. The van der Waals surface area contributed by atoms with Gasteiger partial charge in [-0.05, 0) is 50.9 Å². The molecule has 0 saturated carbocycles. The summed E-state index contributed by atoms with van der Waals surface area (Å²) >= 11 is 0. The predicted molar refractivity (Wildman–Crippen MR) is 120 cm³/mol. The number of rotatable bonds is 7. The van der Waals surface area contributed by atoms with Gasteiger partial charge in [-0.25, -0.2) is 9.97 Å². The maximum Gasteiger partial charge on any atom is 0.252 e. The first kappa shape index (κ1) is 22.0. The van der Waals surface area contributed by atoms with Gasteiger partial charge >= 0.3 is 0 Å². The summed E-state index contributed by atoms with van der Waals surface area (Å²) in [5.74, 6) is 2.25. The Bertz CT molecular complexity index is 1120. The summed E-state index contributed by atoms with van der Waals surface area (Å²) in [6.45, 7) is 8.39. The predicted octanol–water partition coefficient (Wildman–Crippen LogP) is 3.08. The van der Waals surface area contributed by atoms with Crippen LogP contribution in [0, 0.1) is 20.8 Å². The maximum absolute atomic E-state index is 11.4. The fourth-order valence-electron chi connectivity index (χ4n) is 4.38. The standard InChI is InChI=1S/C24H29N5O3/c1-14-21(23(25)30)11-26-24(27-14)18-7-8-29(13-18)12-17-5-6-22(31-4)19(9-17)10-20-15(2)28-32-16(20)3/h5-6,9,11,18H,7-8,10,12-13H2,1-4H3,(H2,25,30). The van der Waals surface area contributed by atoms with E-state index in [0.29, 0.717) is 11.3 Å². The van der Waals surface area contributed by atoms with Gasteiger partial charge in [0, 0.05) is 37.2 Å². The van der Waals surface area contributed by atoms with E-state index >= 15 is 0 Å². The van der Waals surface area contributed by atoms with Crippen LogP contribution in [0.15, 0.2) is 28.9 Å². The molecule has 0 aliphatic carbocycles. The summed E-state index contributed by atoms with van der Waals surface area (Å²) in [5, 5.41) is 4.07. The number of primary amides is 1. The molecule has 168 valence electrons. The number of nitrogens with zero attached hydrogens (tertiary/aromatic N) is 4. The molecule has 8 nitrogen and oxygen atoms in total. The lowest BCUT2D eigenvalue weighted by Gasteiger charge is -2.18. The summed E-state index contributed by atoms with van der Waals surface area (Å²) in [6.07, 6.45) is 3.25. The Morgan fingerprint density at radius 3 is 2.75 bits per heavy atom. The minimum Gasteiger partial charge on any atom is -0.496 e. The SMILES string of the molecule is COc1ccc(CN2CCC(c3ncc(C(N)=O)c(C)n3)C2)cc1Cc1c(C)noc1C. The molecule has 1 aliphatic rings. The lowest BCUT2D eigenvalue weighted by atomic mass is 10.0. The zero-order valence-electron chi connectivity index (χ0n) is 19.0. The molecule has 2 N–H and O–H groups in total. The summed E-state index contributed by atoms with van der Waals surface area (Å²) in [6, 6.07) is 6.36. The van der Waals surface area contributed by atoms with Crippen molar-refractivity contribution in [2.45, 2.75) is 46.1 Å². The van der Waals surface area contributed by atoms with E-state index in [2.05, 4.69) is 32.2 Å². The highest BCUT2D eigenvalue weighted by Gasteiger charge is 2.27. The smallest absolute Gasteiger partial charge is 0.252 e. The number of ether oxygens (including phenoxy) is 1. The third-order valence-corrected chi connectivity index (χ3v) is 6.20. The molecule has 1 saturated heterocycles. The van der Waals surface area contributed by atoms with Crippen molar-refractivity contribution < 1.29 is 14.1 Å². The first-order valence-corrected chi connectivity index (χ1v) is 10.8. The molecular weight excluding hydrogens is 406 g/mol. The second-order valence-corrected chi connectivity index (χ2v) is 8.44. The van der Waals surface area contributed by atoms with Crippen molar-refractivity contribution in [3.05, 3.63) is 69.6 Å². The molecule has 3 aromatic rings. The number of carbonyl (C=O) groups is 1. The van der Waals surface area contributed by atoms with Crippen molar-refractivity contribution >= 4 is 5.91 Å². The highest BCUT2D eigenvalue weighted by atomic mass is 16.5. The van der Waals surface area contributed by atoms with Crippen molar-refractivity contribution in [2.75, 3.05) is 20.2 Å². The van der Waals surface area contributed by atoms with Gasteiger partial charge in [-0.2, -0.15) is 0 Å². The summed E-state index contributed by atoms with van der Waals surface area (Å²) in [4.78, 5) is 22.8. The number of nitrogens with two attached hydrogens (primary N) is 1. The number of amides is 1. The second-order valence-electron chi connectivity index (χ2n) is 8.44. The zero-order valence-corrected chi connectivity index (χ0v) is 19.0. The van der Waals surface area contributed by atoms with Crippen molar-refractivity contribution in [1.82, 2.24) is 20.0 Å². The van der Waals surface area contributed by atoms with E-state index in [4.69, 9.17) is 15.0 Å². The number of aromatic nitrogens is 3. The van der Waals surface area contributed by atoms with Crippen LogP contribution in [0.4, 0.5) is 0 Å². The van der Waals surface area contributed by atoms with E-state index in [-0.39, 0.29) is 5.92 Å². The van der Waals surface area contributed by atoms with Crippen molar-refractivity contribution in [3.8, 4) is 5.75 Å². The van der Waals surface area contributed by atoms with Crippen LogP contribution in [0.3, 0.4) is 0 Å². The molecule has 1 atom stereocenters. The third-order valence-electron chi connectivity index (χ3n) is 6.20. The van der Waals surface area contributed by atoms with E-state index in [0.717, 1.165) is 66.6 Å². The fourth-order valence-corrected chi connectivity index (χ4v) is 4.38. The van der Waals surface area contributed by atoms with E-state index in [1.807, 2.05) is 19.9 Å². The fraction of sp³-hybridized carbons (Fsp3) is 0.417. The Labute approximate surface area is 187 Å². The molecule has 3 heterocycles. The van der Waals surface area contributed by atoms with Gasteiger partial charge in [-0.1, -0.05) is 17.3 Å². The second kappa shape index (κ2) is 9.08. The normalized spacial score (nSPS) is 16.4. The first-order valence-electron chi connectivity index (χ1n) is 10.8. The van der Waals surface area contributed by atoms with Crippen molar-refractivity contribution in [2.24, 2.45) is 5.73 Å². The van der Waals surface area contributed by atoms with E-state index < -0.39 is 5.91 Å². The number of hydrogen-bond acceptors (Lipinski definition) is 7. The Morgan fingerprint density at radius 1 is 1.28 bits per heavy atom. The molecule has 1 amide bonds. The Morgan fingerprint density at radius 2 is 2.09 bits per heavy atom. The van der Waals surface area contributed by atoms with Crippen LogP contribution >= 0.6 is 0 Å². The quantitative estimate of drug-likeness (QED) is 0.608. The van der Waals surface area contributed by atoms with Gasteiger partial charge in [0.05, 0.1) is 24.1 Å². The summed E-state index contributed by atoms with van der Waals surface area (Å²) < 4.78 is 10.9. The molecule has 0 radical (unpaired) electrons. The van der Waals surface area contributed by atoms with Crippen LogP contribution in [0.1, 0.15) is 62.4 Å². The van der Waals surface area contributed by atoms with E-state index in [1.54, 1.807) is 20.2 Å². The Hall–Kier alpha value is -3.26. The van der Waals surface area contributed by atoms with Crippen LogP contribution in [0.2, 0.25) is 0 Å². The van der Waals surface area contributed by atoms with Gasteiger partial charge in [0.25, 0.3) is 5.91 Å². The van der Waals surface area contributed by atoms with Crippen LogP contribution < -0.4 is 10.5 Å². The van der Waals surface area contributed by atoms with Gasteiger partial charge < -0.3 is 15.0 Å². The lowest BCUT2D eigenvalue weighted by Crippen LogP contribution is -2.21. The number of carbonyl (C=O) groups excluding carboxylic acids is 1. The number of benzene rings is 1. The average Bonchev–Trinajstić information content (AvgIpc) is 3.35. The van der Waals surface area contributed by atoms with Crippen molar-refractivity contribution in [1.29, 1.82) is 0 Å². The molecule has 4 rings (SSSR count). The van der Waals surface area contributed by atoms with Gasteiger partial charge in [-0.15, -0.1) is 0 Å². The molecular formula is C24H29N5O3. The van der Waals surface area contributed by atoms with Crippen LogP contribution in [0.5, 0.6) is 5.75 Å². The maximum atomic E-state index is 11.4. The van der Waals surface area contributed by atoms with E-state index in [9.17, 15) is 4.79 Å². The van der Waals surface area contributed by atoms with Crippen LogP contribution in [-0.4, -0.2) is 46.1 Å². The molecule has 32 heavy (non-hydrogen) atoms. The molecule has 1 aliphatic heterocycles. The van der Waals surface area contributed by atoms with Gasteiger partial charge in [0.1, 0.15) is 17.3 Å². The minimum atomic E-state index is -0.492. The number of methoxy groups -OCH3 is 1. The highest BCUT2D eigenvalue weighted by Crippen LogP contribution is 2.29. The molecule has 0 spiro atoms. The number of likely N-dealkylation sites (tertiary alicyclic amines) is 1. The molecule has 0 bridgehead atoms. The molecule has 1 aromatic carbocycles. The van der Waals surface area contributed by atoms with Crippen LogP contribution in [0.25, 0.3) is 0 Å². The summed E-state index contributed by atoms with van der Waals surface area (Å²) in [5.41, 5.74) is 10.8. The van der Waals surface area contributed by atoms with E-state index in [1.165, 1.54) is 5.56 Å². The summed E-state index contributed by atoms with van der Waals surface area (Å²) in [7, 11) is 1.70. The largest absolute Gasteiger partial charge is 0.496 e. The van der Waals surface area contributed by atoms with Gasteiger partial charge in [0.2, 0.25) is 0 Å². The lowest BCUT2D eigenvalue weighted by molar-refractivity contribution is 0.0999. The average molecular weight is 436 g/mol. The van der Waals surface area contributed by atoms with Gasteiger partial charge in [0.15, 0.2) is 0 Å². The molecule has 8 heteroatoms. The first-order chi connectivity index (χ1) is 15.4. The van der Waals surface area contributed by atoms with Gasteiger partial charge in [-0.3, -0.25) is 9.69 Å². The highest BCUT2D eigenvalue weighted by molar-refractivity contribution is 5.93. The zero-order chi connectivity index (χ0) is 22.8. The minimum absolute atomic E-state index is 0.246. The topological polar surface area (TPSA) is 107 Å². The molecule has 1 fully saturated rings. The van der Waals surface area contributed by atoms with Crippen molar-refractivity contribution in [3.63, 3.8) is 0 Å². The van der Waals surface area contributed by atoms with Crippen LogP contribution in [-0.2, 0) is 13.0 Å². The number of aryl methyl sites for hydroxylation is 3. The molecule has 1 unspecified atom stereocenters. The number of hydrogen-bond donors (Lipinski definition) is 1. The Kier molecular flexibility index (Phi) is 6.23. The monoisotopic (exact) mass is 435 g/mol. The Balaban J connectivity index is 1.47. The molecule has 2 aromatic heterocycles.